The van der Waals surface area contributed by atoms with Crippen LogP contribution in [0.3, 0.4) is 0 Å². The van der Waals surface area contributed by atoms with E-state index in [1.54, 1.807) is 34.8 Å². The average molecular weight is 386 g/mol. The number of aryl methyl sites for hydroxylation is 1. The lowest BCUT2D eigenvalue weighted by Gasteiger charge is -2.34. The molecule has 0 unspecified atom stereocenters. The molecule has 0 spiro atoms. The molecule has 134 valence electrons. The van der Waals surface area contributed by atoms with Crippen molar-refractivity contribution in [2.75, 3.05) is 26.2 Å². The molecule has 1 aliphatic rings. The quantitative estimate of drug-likeness (QED) is 0.811. The summed E-state index contributed by atoms with van der Waals surface area (Å²) in [6.07, 6.45) is 1.78. The molecule has 0 atom stereocenters. The Kier molecular flexibility index (Phi) is 4.86. The molecule has 2 aromatic rings. The Bertz CT molecular complexity index is 905. The van der Waals surface area contributed by atoms with Crippen LogP contribution in [0.15, 0.2) is 41.4 Å². The Balaban J connectivity index is 1.72. The second-order valence-corrected chi connectivity index (χ2v) is 8.12. The van der Waals surface area contributed by atoms with E-state index in [0.29, 0.717) is 5.69 Å². The topological polar surface area (TPSA) is 62.6 Å². The molecular weight excluding hydrogens is 369 g/mol. The minimum Gasteiger partial charge on any atom is -0.347 e. The van der Waals surface area contributed by atoms with Gasteiger partial charge >= 0.3 is 0 Å². The number of amides is 1. The second-order valence-electron chi connectivity index (χ2n) is 5.78. The van der Waals surface area contributed by atoms with E-state index in [-0.39, 0.29) is 42.0 Å². The van der Waals surface area contributed by atoms with Gasteiger partial charge in [0, 0.05) is 39.4 Å². The lowest BCUT2D eigenvalue weighted by molar-refractivity contribution is 0.0688. The van der Waals surface area contributed by atoms with Gasteiger partial charge in [-0.1, -0.05) is 11.6 Å². The number of benzene rings is 1. The van der Waals surface area contributed by atoms with Gasteiger partial charge in [0.25, 0.3) is 5.91 Å². The molecule has 0 radical (unpaired) electrons. The zero-order valence-corrected chi connectivity index (χ0v) is 15.1. The predicted molar refractivity (Wildman–Crippen MR) is 91.5 cm³/mol. The molecule has 3 rings (SSSR count). The molecule has 1 fully saturated rings. The molecular formula is C16H17ClFN3O3S. The summed E-state index contributed by atoms with van der Waals surface area (Å²) >= 11 is 5.68. The van der Waals surface area contributed by atoms with E-state index < -0.39 is 15.8 Å². The van der Waals surface area contributed by atoms with Crippen molar-refractivity contribution in [3.8, 4) is 0 Å². The fourth-order valence-electron chi connectivity index (χ4n) is 2.76. The van der Waals surface area contributed by atoms with Gasteiger partial charge in [-0.25, -0.2) is 12.8 Å². The number of hydrogen-bond donors (Lipinski definition) is 0. The molecule has 6 nitrogen and oxygen atoms in total. The fraction of sp³-hybridized carbons (Fsp3) is 0.312. The van der Waals surface area contributed by atoms with Gasteiger partial charge in [-0.05, 0) is 30.3 Å². The van der Waals surface area contributed by atoms with Gasteiger partial charge in [-0.15, -0.1) is 0 Å². The molecule has 1 aliphatic heterocycles. The smallest absolute Gasteiger partial charge is 0.270 e. The van der Waals surface area contributed by atoms with Crippen molar-refractivity contribution in [3.63, 3.8) is 0 Å². The first-order valence-corrected chi connectivity index (χ1v) is 9.48. The molecule has 2 heterocycles. The lowest BCUT2D eigenvalue weighted by Crippen LogP contribution is -2.50. The van der Waals surface area contributed by atoms with Crippen molar-refractivity contribution in [2.45, 2.75) is 4.90 Å². The molecule has 0 bridgehead atoms. The van der Waals surface area contributed by atoms with E-state index in [2.05, 4.69) is 0 Å². The van der Waals surface area contributed by atoms with Crippen LogP contribution >= 0.6 is 11.6 Å². The van der Waals surface area contributed by atoms with Crippen LogP contribution in [-0.2, 0) is 17.1 Å². The Morgan fingerprint density at radius 1 is 1.16 bits per heavy atom. The van der Waals surface area contributed by atoms with Crippen LogP contribution in [0.2, 0.25) is 5.02 Å². The third-order valence-corrected chi connectivity index (χ3v) is 6.40. The maximum absolute atomic E-state index is 13.2. The van der Waals surface area contributed by atoms with E-state index in [9.17, 15) is 17.6 Å². The van der Waals surface area contributed by atoms with E-state index in [1.807, 2.05) is 0 Å². The fourth-order valence-corrected chi connectivity index (χ4v) is 4.46. The number of nitrogens with zero attached hydrogens (tertiary/aromatic N) is 3. The van der Waals surface area contributed by atoms with Gasteiger partial charge in [-0.2, -0.15) is 4.31 Å². The summed E-state index contributed by atoms with van der Waals surface area (Å²) in [7, 11) is -1.99. The lowest BCUT2D eigenvalue weighted by atomic mass is 10.3. The highest BCUT2D eigenvalue weighted by Gasteiger charge is 2.31. The number of sulfonamides is 1. The van der Waals surface area contributed by atoms with Gasteiger partial charge in [0.15, 0.2) is 0 Å². The van der Waals surface area contributed by atoms with Gasteiger partial charge in [0.2, 0.25) is 10.0 Å². The zero-order chi connectivity index (χ0) is 18.2. The van der Waals surface area contributed by atoms with Crippen LogP contribution in [0, 0.1) is 5.82 Å². The number of carbonyl (C=O) groups is 1. The van der Waals surface area contributed by atoms with Crippen molar-refractivity contribution in [1.82, 2.24) is 13.8 Å². The molecule has 0 N–H and O–H groups in total. The summed E-state index contributed by atoms with van der Waals surface area (Å²) in [4.78, 5) is 14.0. The molecule has 1 saturated heterocycles. The van der Waals surface area contributed by atoms with Gasteiger partial charge < -0.3 is 9.47 Å². The number of rotatable bonds is 3. The summed E-state index contributed by atoms with van der Waals surface area (Å²) in [5.74, 6) is -0.798. The first kappa shape index (κ1) is 17.9. The highest BCUT2D eigenvalue weighted by Crippen LogP contribution is 2.23. The number of aromatic nitrogens is 1. The Morgan fingerprint density at radius 3 is 2.40 bits per heavy atom. The summed E-state index contributed by atoms with van der Waals surface area (Å²) < 4.78 is 41.6. The summed E-state index contributed by atoms with van der Waals surface area (Å²) in [5.41, 5.74) is 0.557. The van der Waals surface area contributed by atoms with Crippen LogP contribution in [0.4, 0.5) is 4.39 Å². The minimum absolute atomic E-state index is 0.0545. The maximum Gasteiger partial charge on any atom is 0.270 e. The first-order chi connectivity index (χ1) is 11.8. The normalized spacial score (nSPS) is 16.2. The third kappa shape index (κ3) is 3.42. The van der Waals surface area contributed by atoms with E-state index in [1.165, 1.54) is 10.4 Å². The zero-order valence-electron chi connectivity index (χ0n) is 13.5. The van der Waals surface area contributed by atoms with Crippen LogP contribution in [0.1, 0.15) is 10.5 Å². The third-order valence-electron chi connectivity index (χ3n) is 4.22. The van der Waals surface area contributed by atoms with Crippen molar-refractivity contribution in [2.24, 2.45) is 7.05 Å². The van der Waals surface area contributed by atoms with Gasteiger partial charge in [0.1, 0.15) is 11.5 Å². The molecule has 0 aliphatic carbocycles. The van der Waals surface area contributed by atoms with Crippen LogP contribution < -0.4 is 0 Å². The minimum atomic E-state index is -3.77. The highest BCUT2D eigenvalue weighted by atomic mass is 35.5. The molecule has 1 amide bonds. The average Bonchev–Trinajstić information content (AvgIpc) is 3.02. The van der Waals surface area contributed by atoms with Crippen LogP contribution in [0.5, 0.6) is 0 Å². The second kappa shape index (κ2) is 6.78. The van der Waals surface area contributed by atoms with Crippen LogP contribution in [0.25, 0.3) is 0 Å². The number of halogens is 2. The monoisotopic (exact) mass is 385 g/mol. The Labute approximate surface area is 150 Å². The molecule has 9 heteroatoms. The summed E-state index contributed by atoms with van der Waals surface area (Å²) in [6.45, 7) is 0.928. The van der Waals surface area contributed by atoms with Crippen molar-refractivity contribution >= 4 is 27.5 Å². The Hall–Kier alpha value is -1.90. The van der Waals surface area contributed by atoms with Crippen molar-refractivity contribution in [1.29, 1.82) is 0 Å². The standard InChI is InChI=1S/C16H17ClFN3O3S/c1-19-6-2-3-15(19)16(22)20-7-9-21(10-8-20)25(23,24)12-4-5-14(18)13(17)11-12/h2-6,11H,7-10H2,1H3. The molecule has 1 aromatic carbocycles. The van der Waals surface area contributed by atoms with Crippen LogP contribution in [-0.4, -0.2) is 54.3 Å². The Morgan fingerprint density at radius 2 is 1.84 bits per heavy atom. The van der Waals surface area contributed by atoms with E-state index in [0.717, 1.165) is 12.1 Å². The molecule has 25 heavy (non-hydrogen) atoms. The summed E-state index contributed by atoms with van der Waals surface area (Å²) in [5, 5.41) is -0.237. The SMILES string of the molecule is Cn1cccc1C(=O)N1CCN(S(=O)(=O)c2ccc(F)c(Cl)c2)CC1. The number of carbonyl (C=O) groups excluding carboxylic acids is 1. The molecule has 0 saturated carbocycles. The van der Waals surface area contributed by atoms with Gasteiger partial charge in [-0.3, -0.25) is 4.79 Å². The van der Waals surface area contributed by atoms with Crippen molar-refractivity contribution < 1.29 is 17.6 Å². The largest absolute Gasteiger partial charge is 0.347 e. The number of piperazine rings is 1. The molecule has 1 aromatic heterocycles. The van der Waals surface area contributed by atoms with E-state index >= 15 is 0 Å². The maximum atomic E-state index is 13.2. The first-order valence-electron chi connectivity index (χ1n) is 7.66. The highest BCUT2D eigenvalue weighted by molar-refractivity contribution is 7.89. The number of hydrogen-bond acceptors (Lipinski definition) is 3. The predicted octanol–water partition coefficient (Wildman–Crippen LogP) is 1.96. The van der Waals surface area contributed by atoms with E-state index in [4.69, 9.17) is 11.6 Å². The van der Waals surface area contributed by atoms with Gasteiger partial charge in [0.05, 0.1) is 9.92 Å². The summed E-state index contributed by atoms with van der Waals surface area (Å²) in [6, 6.07) is 6.84. The van der Waals surface area contributed by atoms with Crippen molar-refractivity contribution in [3.05, 3.63) is 53.1 Å².